The lowest BCUT2D eigenvalue weighted by Crippen LogP contribution is -2.29. The molecule has 0 atom stereocenters. The standard InChI is InChI=1S/C13H22N2O2/c1-13(2,6-7-16)10-14-8-11-4-5-12(17-3)15-9-11/h4-5,9,14,16H,6-8,10H2,1-3H3. The molecule has 0 aliphatic carbocycles. The highest BCUT2D eigenvalue weighted by molar-refractivity contribution is 5.17. The van der Waals surface area contributed by atoms with Gasteiger partial charge in [0.15, 0.2) is 0 Å². The van der Waals surface area contributed by atoms with Crippen molar-refractivity contribution in [2.75, 3.05) is 20.3 Å². The molecule has 2 N–H and O–H groups in total. The van der Waals surface area contributed by atoms with Crippen molar-refractivity contribution in [2.24, 2.45) is 5.41 Å². The Morgan fingerprint density at radius 3 is 2.71 bits per heavy atom. The third-order valence-electron chi connectivity index (χ3n) is 2.73. The Balaban J connectivity index is 2.35. The van der Waals surface area contributed by atoms with Crippen LogP contribution in [-0.2, 0) is 6.54 Å². The molecule has 1 aromatic rings. The van der Waals surface area contributed by atoms with E-state index in [0.717, 1.165) is 25.1 Å². The zero-order chi connectivity index (χ0) is 12.7. The molecule has 0 radical (unpaired) electrons. The summed E-state index contributed by atoms with van der Waals surface area (Å²) in [4.78, 5) is 4.15. The van der Waals surface area contributed by atoms with E-state index in [-0.39, 0.29) is 12.0 Å². The number of nitrogens with one attached hydrogen (secondary N) is 1. The lowest BCUT2D eigenvalue weighted by molar-refractivity contribution is 0.207. The second-order valence-electron chi connectivity index (χ2n) is 4.95. The molecular formula is C13H22N2O2. The molecule has 0 unspecified atom stereocenters. The van der Waals surface area contributed by atoms with E-state index < -0.39 is 0 Å². The fraction of sp³-hybridized carbons (Fsp3) is 0.615. The van der Waals surface area contributed by atoms with Crippen molar-refractivity contribution in [3.05, 3.63) is 23.9 Å². The Kier molecular flexibility index (Phi) is 5.38. The highest BCUT2D eigenvalue weighted by Gasteiger charge is 2.16. The lowest BCUT2D eigenvalue weighted by atomic mass is 9.90. The molecule has 17 heavy (non-hydrogen) atoms. The van der Waals surface area contributed by atoms with Crippen LogP contribution in [-0.4, -0.2) is 30.4 Å². The number of aliphatic hydroxyl groups excluding tert-OH is 1. The van der Waals surface area contributed by atoms with Gasteiger partial charge in [0.1, 0.15) is 0 Å². The number of ether oxygens (including phenoxy) is 1. The molecule has 0 saturated carbocycles. The minimum Gasteiger partial charge on any atom is -0.481 e. The summed E-state index contributed by atoms with van der Waals surface area (Å²) < 4.78 is 5.00. The third kappa shape index (κ3) is 5.15. The molecule has 1 heterocycles. The fourth-order valence-electron chi connectivity index (χ4n) is 1.57. The van der Waals surface area contributed by atoms with Crippen LogP contribution in [0.3, 0.4) is 0 Å². The molecule has 4 heteroatoms. The molecule has 0 aliphatic heterocycles. The van der Waals surface area contributed by atoms with Crippen LogP contribution in [0.15, 0.2) is 18.3 Å². The predicted octanol–water partition coefficient (Wildman–Crippen LogP) is 1.59. The van der Waals surface area contributed by atoms with E-state index in [1.54, 1.807) is 7.11 Å². The zero-order valence-corrected chi connectivity index (χ0v) is 10.9. The summed E-state index contributed by atoms with van der Waals surface area (Å²) in [5.41, 5.74) is 1.25. The first-order valence-corrected chi connectivity index (χ1v) is 5.88. The Labute approximate surface area is 103 Å². The van der Waals surface area contributed by atoms with Gasteiger partial charge in [-0.25, -0.2) is 4.98 Å². The molecule has 0 aliphatic rings. The molecule has 4 nitrogen and oxygen atoms in total. The highest BCUT2D eigenvalue weighted by Crippen LogP contribution is 2.18. The van der Waals surface area contributed by atoms with Crippen molar-refractivity contribution < 1.29 is 9.84 Å². The second kappa shape index (κ2) is 6.57. The summed E-state index contributed by atoms with van der Waals surface area (Å²) in [5.74, 6) is 0.634. The van der Waals surface area contributed by atoms with Gasteiger partial charge in [-0.3, -0.25) is 0 Å². The molecular weight excluding hydrogens is 216 g/mol. The average Bonchev–Trinajstić information content (AvgIpc) is 2.29. The second-order valence-corrected chi connectivity index (χ2v) is 4.95. The number of aromatic nitrogens is 1. The molecule has 0 saturated heterocycles. The summed E-state index contributed by atoms with van der Waals surface area (Å²) in [7, 11) is 1.61. The van der Waals surface area contributed by atoms with Crippen LogP contribution in [0.1, 0.15) is 25.8 Å². The van der Waals surface area contributed by atoms with E-state index in [1.807, 2.05) is 18.3 Å². The minimum absolute atomic E-state index is 0.120. The third-order valence-corrected chi connectivity index (χ3v) is 2.73. The van der Waals surface area contributed by atoms with Gasteiger partial charge in [0.25, 0.3) is 0 Å². The first-order chi connectivity index (χ1) is 8.07. The number of aliphatic hydroxyl groups is 1. The summed E-state index contributed by atoms with van der Waals surface area (Å²) in [5, 5.41) is 12.3. The summed E-state index contributed by atoms with van der Waals surface area (Å²) in [6, 6.07) is 3.85. The number of methoxy groups -OCH3 is 1. The number of rotatable bonds is 7. The Morgan fingerprint density at radius 1 is 1.41 bits per heavy atom. The average molecular weight is 238 g/mol. The first kappa shape index (κ1) is 13.9. The van der Waals surface area contributed by atoms with Gasteiger partial charge in [-0.05, 0) is 17.4 Å². The Bertz CT molecular complexity index is 323. The van der Waals surface area contributed by atoms with Crippen LogP contribution in [0.5, 0.6) is 5.88 Å². The molecule has 0 amide bonds. The van der Waals surface area contributed by atoms with Crippen molar-refractivity contribution in [3.63, 3.8) is 0 Å². The van der Waals surface area contributed by atoms with Crippen LogP contribution in [0.2, 0.25) is 0 Å². The molecule has 1 aromatic heterocycles. The Hall–Kier alpha value is -1.13. The van der Waals surface area contributed by atoms with E-state index in [0.29, 0.717) is 5.88 Å². The predicted molar refractivity (Wildman–Crippen MR) is 68.0 cm³/mol. The van der Waals surface area contributed by atoms with Gasteiger partial charge in [-0.15, -0.1) is 0 Å². The summed E-state index contributed by atoms with van der Waals surface area (Å²) >= 11 is 0. The summed E-state index contributed by atoms with van der Waals surface area (Å²) in [6.45, 7) is 6.18. The molecule has 1 rings (SSSR count). The summed E-state index contributed by atoms with van der Waals surface area (Å²) in [6.07, 6.45) is 2.62. The monoisotopic (exact) mass is 238 g/mol. The molecule has 0 bridgehead atoms. The molecule has 0 aromatic carbocycles. The largest absolute Gasteiger partial charge is 0.481 e. The van der Waals surface area contributed by atoms with Gasteiger partial charge in [0, 0.05) is 32.0 Å². The van der Waals surface area contributed by atoms with Crippen molar-refractivity contribution in [1.29, 1.82) is 0 Å². The van der Waals surface area contributed by atoms with E-state index in [4.69, 9.17) is 9.84 Å². The van der Waals surface area contributed by atoms with Crippen LogP contribution in [0.4, 0.5) is 0 Å². The quantitative estimate of drug-likeness (QED) is 0.757. The maximum atomic E-state index is 8.92. The zero-order valence-electron chi connectivity index (χ0n) is 10.9. The number of hydrogen-bond donors (Lipinski definition) is 2. The van der Waals surface area contributed by atoms with Crippen molar-refractivity contribution in [3.8, 4) is 5.88 Å². The first-order valence-electron chi connectivity index (χ1n) is 5.88. The van der Waals surface area contributed by atoms with Crippen molar-refractivity contribution in [2.45, 2.75) is 26.8 Å². The highest BCUT2D eigenvalue weighted by atomic mass is 16.5. The van der Waals surface area contributed by atoms with Crippen LogP contribution in [0.25, 0.3) is 0 Å². The van der Waals surface area contributed by atoms with Crippen molar-refractivity contribution in [1.82, 2.24) is 10.3 Å². The van der Waals surface area contributed by atoms with Gasteiger partial charge >= 0.3 is 0 Å². The van der Waals surface area contributed by atoms with Crippen LogP contribution >= 0.6 is 0 Å². The molecule has 0 spiro atoms. The van der Waals surface area contributed by atoms with Gasteiger partial charge in [0.2, 0.25) is 5.88 Å². The SMILES string of the molecule is COc1ccc(CNCC(C)(C)CCO)cn1. The van der Waals surface area contributed by atoms with E-state index >= 15 is 0 Å². The van der Waals surface area contributed by atoms with E-state index in [9.17, 15) is 0 Å². The van der Waals surface area contributed by atoms with Gasteiger partial charge in [-0.2, -0.15) is 0 Å². The topological polar surface area (TPSA) is 54.4 Å². The van der Waals surface area contributed by atoms with Crippen LogP contribution < -0.4 is 10.1 Å². The molecule has 0 fully saturated rings. The van der Waals surface area contributed by atoms with Crippen molar-refractivity contribution >= 4 is 0 Å². The maximum Gasteiger partial charge on any atom is 0.212 e. The van der Waals surface area contributed by atoms with E-state index in [1.165, 1.54) is 0 Å². The maximum absolute atomic E-state index is 8.92. The minimum atomic E-state index is 0.120. The fourth-order valence-corrected chi connectivity index (χ4v) is 1.57. The number of pyridine rings is 1. The van der Waals surface area contributed by atoms with E-state index in [2.05, 4.69) is 24.1 Å². The lowest BCUT2D eigenvalue weighted by Gasteiger charge is -2.23. The Morgan fingerprint density at radius 2 is 2.18 bits per heavy atom. The number of nitrogens with zero attached hydrogens (tertiary/aromatic N) is 1. The van der Waals surface area contributed by atoms with Gasteiger partial charge in [0.05, 0.1) is 7.11 Å². The van der Waals surface area contributed by atoms with Gasteiger partial charge in [-0.1, -0.05) is 19.9 Å². The van der Waals surface area contributed by atoms with Gasteiger partial charge < -0.3 is 15.2 Å². The number of hydrogen-bond acceptors (Lipinski definition) is 4. The molecule has 96 valence electrons. The smallest absolute Gasteiger partial charge is 0.212 e. The normalized spacial score (nSPS) is 11.5. The van der Waals surface area contributed by atoms with Crippen LogP contribution in [0, 0.1) is 5.41 Å².